The van der Waals surface area contributed by atoms with Crippen molar-refractivity contribution >= 4 is 29.2 Å². The summed E-state index contributed by atoms with van der Waals surface area (Å²) in [4.78, 5) is 0. The Hall–Kier alpha value is -1.72. The highest BCUT2D eigenvalue weighted by Crippen LogP contribution is 2.22. The largest absolute Gasteiger partial charge is 0.409 e. The summed E-state index contributed by atoms with van der Waals surface area (Å²) in [5, 5.41) is 12.2. The van der Waals surface area contributed by atoms with Crippen molar-refractivity contribution in [3.63, 3.8) is 0 Å². The number of rotatable bonds is 5. The summed E-state index contributed by atoms with van der Waals surface area (Å²) in [6, 6.07) is 12.4. The predicted molar refractivity (Wildman–Crippen MR) is 85.4 cm³/mol. The van der Waals surface area contributed by atoms with Crippen LogP contribution < -0.4 is 5.73 Å². The fraction of sp³-hybridized carbons (Fsp3) is 0.133. The molecule has 0 aliphatic heterocycles. The van der Waals surface area contributed by atoms with Crippen LogP contribution in [0.5, 0.6) is 0 Å². The second-order valence-electron chi connectivity index (χ2n) is 4.38. The van der Waals surface area contributed by atoms with E-state index in [-0.39, 0.29) is 11.4 Å². The summed E-state index contributed by atoms with van der Waals surface area (Å²) < 4.78 is 14.2. The highest BCUT2D eigenvalue weighted by atomic mass is 35.5. The number of benzene rings is 2. The summed E-state index contributed by atoms with van der Waals surface area (Å²) in [5.74, 6) is 0.583. The van der Waals surface area contributed by atoms with Gasteiger partial charge < -0.3 is 10.9 Å². The first-order chi connectivity index (χ1) is 10.1. The van der Waals surface area contributed by atoms with Gasteiger partial charge in [0.15, 0.2) is 5.84 Å². The maximum absolute atomic E-state index is 14.2. The summed E-state index contributed by atoms with van der Waals surface area (Å²) in [5.41, 5.74) is 7.20. The van der Waals surface area contributed by atoms with Crippen LogP contribution >= 0.6 is 23.4 Å². The highest BCUT2D eigenvalue weighted by Gasteiger charge is 2.11. The van der Waals surface area contributed by atoms with E-state index in [0.29, 0.717) is 16.3 Å². The van der Waals surface area contributed by atoms with Crippen molar-refractivity contribution in [3.8, 4) is 0 Å². The second-order valence-corrected chi connectivity index (χ2v) is 5.81. The lowest BCUT2D eigenvalue weighted by Crippen LogP contribution is -2.15. The van der Waals surface area contributed by atoms with E-state index in [9.17, 15) is 4.39 Å². The van der Waals surface area contributed by atoms with Gasteiger partial charge in [-0.05, 0) is 29.3 Å². The van der Waals surface area contributed by atoms with Gasteiger partial charge in [-0.2, -0.15) is 11.8 Å². The molecule has 2 aromatic rings. The fourth-order valence-corrected chi connectivity index (χ4v) is 2.90. The van der Waals surface area contributed by atoms with Gasteiger partial charge in [0.1, 0.15) is 5.82 Å². The molecule has 0 atom stereocenters. The van der Waals surface area contributed by atoms with Crippen molar-refractivity contribution in [2.24, 2.45) is 10.9 Å². The average Bonchev–Trinajstić information content (AvgIpc) is 2.50. The third-order valence-electron chi connectivity index (χ3n) is 2.90. The van der Waals surface area contributed by atoms with Crippen LogP contribution in [-0.4, -0.2) is 11.0 Å². The number of thioether (sulfide) groups is 1. The van der Waals surface area contributed by atoms with Gasteiger partial charge in [-0.3, -0.25) is 0 Å². The maximum atomic E-state index is 14.2. The zero-order chi connectivity index (χ0) is 15.2. The summed E-state index contributed by atoms with van der Waals surface area (Å²) in [6.45, 7) is 0. The van der Waals surface area contributed by atoms with Gasteiger partial charge in [0, 0.05) is 16.5 Å². The van der Waals surface area contributed by atoms with Crippen LogP contribution in [0, 0.1) is 5.82 Å². The maximum Gasteiger partial charge on any atom is 0.173 e. The molecule has 0 heterocycles. The summed E-state index contributed by atoms with van der Waals surface area (Å²) in [6.07, 6.45) is 0. The molecule has 0 radical (unpaired) electrons. The zero-order valence-corrected chi connectivity index (χ0v) is 12.7. The van der Waals surface area contributed by atoms with Crippen LogP contribution in [0.15, 0.2) is 47.6 Å². The van der Waals surface area contributed by atoms with E-state index in [1.165, 1.54) is 6.07 Å². The molecule has 3 nitrogen and oxygen atoms in total. The quantitative estimate of drug-likeness (QED) is 0.378. The SMILES string of the molecule is N/C(=N/O)c1cccc(CSCc2ccc(Cl)cc2)c1F. The van der Waals surface area contributed by atoms with Gasteiger partial charge in [-0.15, -0.1) is 0 Å². The Balaban J connectivity index is 2.02. The van der Waals surface area contributed by atoms with Gasteiger partial charge in [-0.1, -0.05) is 41.0 Å². The third-order valence-corrected chi connectivity index (χ3v) is 4.21. The molecule has 3 N–H and O–H groups in total. The van der Waals surface area contributed by atoms with Gasteiger partial charge in [0.2, 0.25) is 0 Å². The van der Waals surface area contributed by atoms with Gasteiger partial charge in [0.25, 0.3) is 0 Å². The van der Waals surface area contributed by atoms with Crippen molar-refractivity contribution in [2.45, 2.75) is 11.5 Å². The smallest absolute Gasteiger partial charge is 0.173 e. The third kappa shape index (κ3) is 4.12. The van der Waals surface area contributed by atoms with Gasteiger partial charge in [-0.25, -0.2) is 4.39 Å². The summed E-state index contributed by atoms with van der Waals surface area (Å²) >= 11 is 7.40. The molecule has 0 fully saturated rings. The van der Waals surface area contributed by atoms with Crippen molar-refractivity contribution < 1.29 is 9.60 Å². The second kappa shape index (κ2) is 7.33. The topological polar surface area (TPSA) is 58.6 Å². The van der Waals surface area contributed by atoms with Gasteiger partial charge >= 0.3 is 0 Å². The number of halogens is 2. The van der Waals surface area contributed by atoms with Crippen molar-refractivity contribution in [3.05, 3.63) is 70.0 Å². The first kappa shape index (κ1) is 15.7. The summed E-state index contributed by atoms with van der Waals surface area (Å²) in [7, 11) is 0. The Kier molecular flexibility index (Phi) is 5.47. The lowest BCUT2D eigenvalue weighted by atomic mass is 10.1. The average molecular weight is 325 g/mol. The highest BCUT2D eigenvalue weighted by molar-refractivity contribution is 7.97. The molecule has 6 heteroatoms. The Labute approximate surface area is 131 Å². The number of oxime groups is 1. The van der Waals surface area contributed by atoms with E-state index in [1.54, 1.807) is 23.9 Å². The van der Waals surface area contributed by atoms with Crippen LogP contribution in [0.25, 0.3) is 0 Å². The first-order valence-corrected chi connectivity index (χ1v) is 7.72. The number of nitrogens with zero attached hydrogens (tertiary/aromatic N) is 1. The Morgan fingerprint density at radius 1 is 1.19 bits per heavy atom. The molecular weight excluding hydrogens is 311 g/mol. The monoisotopic (exact) mass is 324 g/mol. The molecule has 0 saturated heterocycles. The predicted octanol–water partition coefficient (Wildman–Crippen LogP) is 4.01. The first-order valence-electron chi connectivity index (χ1n) is 6.19. The molecule has 0 unspecified atom stereocenters. The number of amidine groups is 1. The van der Waals surface area contributed by atoms with Crippen molar-refractivity contribution in [2.75, 3.05) is 0 Å². The van der Waals surface area contributed by atoms with Crippen LogP contribution in [-0.2, 0) is 11.5 Å². The molecule has 110 valence electrons. The Bertz CT molecular complexity index is 647. The fourth-order valence-electron chi connectivity index (χ4n) is 1.80. The molecule has 21 heavy (non-hydrogen) atoms. The molecule has 0 spiro atoms. The molecular formula is C15H14ClFN2OS. The lowest BCUT2D eigenvalue weighted by Gasteiger charge is -2.07. The number of hydrogen-bond donors (Lipinski definition) is 2. The van der Waals surface area contributed by atoms with E-state index < -0.39 is 5.82 Å². The Morgan fingerprint density at radius 2 is 1.90 bits per heavy atom. The molecule has 0 amide bonds. The molecule has 0 aromatic heterocycles. The minimum Gasteiger partial charge on any atom is -0.409 e. The van der Waals surface area contributed by atoms with Crippen molar-refractivity contribution in [1.82, 2.24) is 0 Å². The van der Waals surface area contributed by atoms with Crippen LogP contribution in [0.1, 0.15) is 16.7 Å². The standard InChI is InChI=1S/C15H14ClFN2OS/c16-12-6-4-10(5-7-12)8-21-9-11-2-1-3-13(14(11)17)15(18)19-20/h1-7,20H,8-9H2,(H2,18,19). The molecule has 0 aliphatic rings. The van der Waals surface area contributed by atoms with E-state index in [2.05, 4.69) is 5.16 Å². The molecule has 0 bridgehead atoms. The lowest BCUT2D eigenvalue weighted by molar-refractivity contribution is 0.318. The van der Waals surface area contributed by atoms with Crippen LogP contribution in [0.3, 0.4) is 0 Å². The number of nitrogens with two attached hydrogens (primary N) is 1. The van der Waals surface area contributed by atoms with Crippen LogP contribution in [0.4, 0.5) is 4.39 Å². The van der Waals surface area contributed by atoms with E-state index in [1.807, 2.05) is 24.3 Å². The zero-order valence-electron chi connectivity index (χ0n) is 11.1. The molecule has 0 aliphatic carbocycles. The Morgan fingerprint density at radius 3 is 2.57 bits per heavy atom. The minimum atomic E-state index is -0.448. The normalized spacial score (nSPS) is 11.6. The minimum absolute atomic E-state index is 0.113. The van der Waals surface area contributed by atoms with E-state index >= 15 is 0 Å². The molecule has 0 saturated carbocycles. The van der Waals surface area contributed by atoms with E-state index in [0.717, 1.165) is 11.3 Å². The van der Waals surface area contributed by atoms with Crippen molar-refractivity contribution in [1.29, 1.82) is 0 Å². The van der Waals surface area contributed by atoms with Crippen LogP contribution in [0.2, 0.25) is 5.02 Å². The number of hydrogen-bond acceptors (Lipinski definition) is 3. The molecule has 2 aromatic carbocycles. The molecule has 2 rings (SSSR count). The van der Waals surface area contributed by atoms with Gasteiger partial charge in [0.05, 0.1) is 5.56 Å². The van der Waals surface area contributed by atoms with E-state index in [4.69, 9.17) is 22.5 Å².